The zero-order valence-electron chi connectivity index (χ0n) is 7.85. The van der Waals surface area contributed by atoms with Crippen molar-refractivity contribution in [3.05, 3.63) is 34.9 Å². The summed E-state index contributed by atoms with van der Waals surface area (Å²) in [5.74, 6) is 0.147. The summed E-state index contributed by atoms with van der Waals surface area (Å²) in [6.45, 7) is 5.72. The van der Waals surface area contributed by atoms with E-state index in [4.69, 9.17) is 0 Å². The summed E-state index contributed by atoms with van der Waals surface area (Å²) in [5, 5.41) is 0. The van der Waals surface area contributed by atoms with Gasteiger partial charge in [0.05, 0.1) is 0 Å². The highest BCUT2D eigenvalue weighted by molar-refractivity contribution is 5.94. The predicted octanol–water partition coefficient (Wildman–Crippen LogP) is 2.76. The number of rotatable bonds is 2. The molecule has 0 saturated heterocycles. The fourth-order valence-corrected chi connectivity index (χ4v) is 1.27. The molecule has 1 nitrogen and oxygen atoms in total. The van der Waals surface area contributed by atoms with Crippen LogP contribution in [0.4, 0.5) is 0 Å². The summed E-state index contributed by atoms with van der Waals surface area (Å²) in [7, 11) is 0. The van der Waals surface area contributed by atoms with E-state index in [-0.39, 0.29) is 5.78 Å². The monoisotopic (exact) mass is 162 g/mol. The summed E-state index contributed by atoms with van der Waals surface area (Å²) in [6.07, 6.45) is 0.988. The minimum Gasteiger partial charge on any atom is -0.295 e. The van der Waals surface area contributed by atoms with Gasteiger partial charge < -0.3 is 0 Å². The van der Waals surface area contributed by atoms with Crippen molar-refractivity contribution in [3.63, 3.8) is 0 Å². The van der Waals surface area contributed by atoms with Gasteiger partial charge >= 0.3 is 0 Å². The highest BCUT2D eigenvalue weighted by atomic mass is 16.1. The van der Waals surface area contributed by atoms with Gasteiger partial charge in [0.25, 0.3) is 0 Å². The molecule has 0 atom stereocenters. The summed E-state index contributed by atoms with van der Waals surface area (Å²) >= 11 is 0. The van der Waals surface area contributed by atoms with Crippen molar-refractivity contribution in [2.24, 2.45) is 0 Å². The SMILES string of the molecule is CCc1cc(C)cc(C(C)=O)c1. The summed E-state index contributed by atoms with van der Waals surface area (Å²) < 4.78 is 0. The molecule has 1 heteroatoms. The molecular weight excluding hydrogens is 148 g/mol. The molecule has 0 fully saturated rings. The smallest absolute Gasteiger partial charge is 0.159 e. The molecule has 0 saturated carbocycles. The molecule has 0 unspecified atom stereocenters. The van der Waals surface area contributed by atoms with Crippen LogP contribution in [0.3, 0.4) is 0 Å². The number of Topliss-reactive ketones (excluding diaryl/α,β-unsaturated/α-hetero) is 1. The molecule has 0 bridgehead atoms. The third kappa shape index (κ3) is 1.94. The van der Waals surface area contributed by atoms with E-state index in [2.05, 4.69) is 13.0 Å². The van der Waals surface area contributed by atoms with E-state index in [1.807, 2.05) is 19.1 Å². The van der Waals surface area contributed by atoms with Gasteiger partial charge in [-0.25, -0.2) is 0 Å². The van der Waals surface area contributed by atoms with Crippen molar-refractivity contribution in [2.45, 2.75) is 27.2 Å². The van der Waals surface area contributed by atoms with Crippen molar-refractivity contribution in [1.82, 2.24) is 0 Å². The molecule has 1 aromatic carbocycles. The maximum atomic E-state index is 11.1. The van der Waals surface area contributed by atoms with E-state index >= 15 is 0 Å². The Hall–Kier alpha value is -1.11. The molecule has 1 rings (SSSR count). The molecule has 64 valence electrons. The fraction of sp³-hybridized carbons (Fsp3) is 0.364. The molecule has 0 heterocycles. The standard InChI is InChI=1S/C11H14O/c1-4-10-5-8(2)6-11(7-10)9(3)12/h5-7H,4H2,1-3H3. The first-order valence-corrected chi connectivity index (χ1v) is 4.25. The lowest BCUT2D eigenvalue weighted by atomic mass is 10.0. The Bertz CT molecular complexity index is 300. The van der Waals surface area contributed by atoms with E-state index in [0.717, 1.165) is 12.0 Å². The molecule has 12 heavy (non-hydrogen) atoms. The maximum Gasteiger partial charge on any atom is 0.159 e. The molecule has 0 aliphatic heterocycles. The molecule has 0 aromatic heterocycles. The van der Waals surface area contributed by atoms with Crippen LogP contribution in [0.1, 0.15) is 35.3 Å². The van der Waals surface area contributed by atoms with Gasteiger partial charge in [0.1, 0.15) is 0 Å². The average Bonchev–Trinajstić information content (AvgIpc) is 2.03. The largest absolute Gasteiger partial charge is 0.295 e. The van der Waals surface area contributed by atoms with Gasteiger partial charge in [0.15, 0.2) is 5.78 Å². The third-order valence-electron chi connectivity index (χ3n) is 1.95. The lowest BCUT2D eigenvalue weighted by molar-refractivity contribution is 0.101. The van der Waals surface area contributed by atoms with Crippen LogP contribution in [0.2, 0.25) is 0 Å². The minimum atomic E-state index is 0.147. The molecule has 0 aliphatic carbocycles. The van der Waals surface area contributed by atoms with E-state index < -0.39 is 0 Å². The first-order chi connectivity index (χ1) is 5.63. The van der Waals surface area contributed by atoms with Crippen LogP contribution in [0, 0.1) is 6.92 Å². The summed E-state index contributed by atoms with van der Waals surface area (Å²) in [4.78, 5) is 11.1. The Morgan fingerprint density at radius 1 is 1.33 bits per heavy atom. The number of ketones is 1. The Kier molecular flexibility index (Phi) is 2.64. The third-order valence-corrected chi connectivity index (χ3v) is 1.95. The van der Waals surface area contributed by atoms with E-state index in [1.54, 1.807) is 6.92 Å². The van der Waals surface area contributed by atoms with Crippen molar-refractivity contribution in [3.8, 4) is 0 Å². The molecular formula is C11H14O. The lowest BCUT2D eigenvalue weighted by Gasteiger charge is -2.02. The molecule has 0 radical (unpaired) electrons. The number of benzene rings is 1. The van der Waals surface area contributed by atoms with Crippen LogP contribution in [-0.4, -0.2) is 5.78 Å². The van der Waals surface area contributed by atoms with E-state index in [1.165, 1.54) is 11.1 Å². The van der Waals surface area contributed by atoms with Gasteiger partial charge in [0, 0.05) is 5.56 Å². The van der Waals surface area contributed by atoms with Gasteiger partial charge in [-0.05, 0) is 38.0 Å². The van der Waals surface area contributed by atoms with Crippen LogP contribution >= 0.6 is 0 Å². The van der Waals surface area contributed by atoms with E-state index in [0.29, 0.717) is 0 Å². The Morgan fingerprint density at radius 3 is 2.50 bits per heavy atom. The van der Waals surface area contributed by atoms with Gasteiger partial charge in [0.2, 0.25) is 0 Å². The predicted molar refractivity (Wildman–Crippen MR) is 50.6 cm³/mol. The molecule has 0 spiro atoms. The highest BCUT2D eigenvalue weighted by Gasteiger charge is 2.00. The van der Waals surface area contributed by atoms with Crippen LogP contribution in [0.5, 0.6) is 0 Å². The average molecular weight is 162 g/mol. The molecule has 0 N–H and O–H groups in total. The highest BCUT2D eigenvalue weighted by Crippen LogP contribution is 2.10. The Labute approximate surface area is 73.4 Å². The van der Waals surface area contributed by atoms with Gasteiger partial charge in [-0.15, -0.1) is 0 Å². The maximum absolute atomic E-state index is 11.1. The number of hydrogen-bond donors (Lipinski definition) is 0. The normalized spacial score (nSPS) is 9.92. The Balaban J connectivity index is 3.15. The second kappa shape index (κ2) is 3.53. The minimum absolute atomic E-state index is 0.147. The second-order valence-corrected chi connectivity index (χ2v) is 3.12. The van der Waals surface area contributed by atoms with E-state index in [9.17, 15) is 4.79 Å². The first-order valence-electron chi connectivity index (χ1n) is 4.25. The number of aryl methyl sites for hydroxylation is 2. The number of hydrogen-bond acceptors (Lipinski definition) is 1. The zero-order valence-corrected chi connectivity index (χ0v) is 7.85. The van der Waals surface area contributed by atoms with Crippen molar-refractivity contribution in [2.75, 3.05) is 0 Å². The number of carbonyl (C=O) groups excluding carboxylic acids is 1. The molecule has 0 amide bonds. The van der Waals surface area contributed by atoms with Crippen LogP contribution in [0.15, 0.2) is 18.2 Å². The first kappa shape index (κ1) is 8.98. The quantitative estimate of drug-likeness (QED) is 0.611. The van der Waals surface area contributed by atoms with Crippen molar-refractivity contribution in [1.29, 1.82) is 0 Å². The Morgan fingerprint density at radius 2 is 2.00 bits per heavy atom. The fourth-order valence-electron chi connectivity index (χ4n) is 1.27. The van der Waals surface area contributed by atoms with Gasteiger partial charge in [-0.1, -0.05) is 18.6 Å². The summed E-state index contributed by atoms with van der Waals surface area (Å²) in [5.41, 5.74) is 3.23. The number of carbonyl (C=O) groups is 1. The lowest BCUT2D eigenvalue weighted by Crippen LogP contribution is -1.94. The van der Waals surface area contributed by atoms with Crippen molar-refractivity contribution < 1.29 is 4.79 Å². The second-order valence-electron chi connectivity index (χ2n) is 3.12. The topological polar surface area (TPSA) is 17.1 Å². The molecule has 1 aromatic rings. The summed E-state index contributed by atoms with van der Waals surface area (Å²) in [6, 6.07) is 6.02. The molecule has 0 aliphatic rings. The van der Waals surface area contributed by atoms with Crippen LogP contribution in [0.25, 0.3) is 0 Å². The van der Waals surface area contributed by atoms with Crippen molar-refractivity contribution >= 4 is 5.78 Å². The van der Waals surface area contributed by atoms with Gasteiger partial charge in [-0.2, -0.15) is 0 Å². The van der Waals surface area contributed by atoms with Gasteiger partial charge in [-0.3, -0.25) is 4.79 Å². The zero-order chi connectivity index (χ0) is 9.14. The van der Waals surface area contributed by atoms with Crippen LogP contribution in [-0.2, 0) is 6.42 Å². The van der Waals surface area contributed by atoms with Crippen LogP contribution < -0.4 is 0 Å².